The SMILES string of the molecule is NCc1oc2ccccc2c1OCCCF. The van der Waals surface area contributed by atoms with Gasteiger partial charge in [-0.25, -0.2) is 0 Å². The first-order chi connectivity index (χ1) is 7.86. The van der Waals surface area contributed by atoms with Crippen molar-refractivity contribution in [2.24, 2.45) is 5.73 Å². The van der Waals surface area contributed by atoms with Crippen molar-refractivity contribution in [3.05, 3.63) is 30.0 Å². The molecule has 0 unspecified atom stereocenters. The Kier molecular flexibility index (Phi) is 3.41. The summed E-state index contributed by atoms with van der Waals surface area (Å²) in [6, 6.07) is 7.55. The molecule has 0 aliphatic heterocycles. The van der Waals surface area contributed by atoms with Gasteiger partial charge in [-0.1, -0.05) is 12.1 Å². The minimum Gasteiger partial charge on any atom is -0.489 e. The third-order valence-corrected chi connectivity index (χ3v) is 2.33. The molecule has 0 bridgehead atoms. The first-order valence-corrected chi connectivity index (χ1v) is 5.26. The Balaban J connectivity index is 2.32. The maximum absolute atomic E-state index is 12.0. The van der Waals surface area contributed by atoms with Crippen LogP contribution in [-0.2, 0) is 6.54 Å². The highest BCUT2D eigenvalue weighted by Gasteiger charge is 2.13. The first-order valence-electron chi connectivity index (χ1n) is 5.26. The smallest absolute Gasteiger partial charge is 0.169 e. The molecule has 86 valence electrons. The first kappa shape index (κ1) is 11.0. The number of rotatable bonds is 5. The fourth-order valence-electron chi connectivity index (χ4n) is 1.59. The fourth-order valence-corrected chi connectivity index (χ4v) is 1.59. The number of halogens is 1. The molecule has 0 aliphatic rings. The molecule has 2 N–H and O–H groups in total. The van der Waals surface area contributed by atoms with E-state index in [1.807, 2.05) is 24.3 Å². The molecule has 0 aliphatic carbocycles. The van der Waals surface area contributed by atoms with E-state index in [9.17, 15) is 4.39 Å². The summed E-state index contributed by atoms with van der Waals surface area (Å²) in [6.07, 6.45) is 0.378. The van der Waals surface area contributed by atoms with Crippen LogP contribution in [0.5, 0.6) is 5.75 Å². The van der Waals surface area contributed by atoms with Gasteiger partial charge in [-0.05, 0) is 12.1 Å². The second kappa shape index (κ2) is 4.99. The Morgan fingerprint density at radius 3 is 2.88 bits per heavy atom. The number of fused-ring (bicyclic) bond motifs is 1. The lowest BCUT2D eigenvalue weighted by Gasteiger charge is -2.03. The number of hydrogen-bond donors (Lipinski definition) is 1. The third kappa shape index (κ3) is 2.02. The topological polar surface area (TPSA) is 48.4 Å². The number of nitrogens with two attached hydrogens (primary N) is 1. The Labute approximate surface area is 93.0 Å². The minimum atomic E-state index is -0.381. The Morgan fingerprint density at radius 2 is 2.12 bits per heavy atom. The van der Waals surface area contributed by atoms with E-state index in [1.165, 1.54) is 0 Å². The summed E-state index contributed by atoms with van der Waals surface area (Å²) in [4.78, 5) is 0. The van der Waals surface area contributed by atoms with Gasteiger partial charge >= 0.3 is 0 Å². The summed E-state index contributed by atoms with van der Waals surface area (Å²) in [5, 5.41) is 0.891. The summed E-state index contributed by atoms with van der Waals surface area (Å²) < 4.78 is 23.0. The second-order valence-corrected chi connectivity index (χ2v) is 3.45. The maximum atomic E-state index is 12.0. The Hall–Kier alpha value is -1.55. The molecule has 1 aromatic carbocycles. The number of alkyl halides is 1. The molecule has 4 heteroatoms. The highest BCUT2D eigenvalue weighted by molar-refractivity contribution is 5.85. The van der Waals surface area contributed by atoms with Crippen molar-refractivity contribution >= 4 is 11.0 Å². The van der Waals surface area contributed by atoms with E-state index >= 15 is 0 Å². The maximum Gasteiger partial charge on any atom is 0.169 e. The summed E-state index contributed by atoms with van der Waals surface area (Å²) in [7, 11) is 0. The van der Waals surface area contributed by atoms with Crippen molar-refractivity contribution in [1.82, 2.24) is 0 Å². The molecule has 1 aromatic heterocycles. The van der Waals surface area contributed by atoms with Gasteiger partial charge < -0.3 is 14.9 Å². The van der Waals surface area contributed by atoms with Crippen molar-refractivity contribution in [1.29, 1.82) is 0 Å². The standard InChI is InChI=1S/C12H14FNO2/c13-6-3-7-15-12-9-4-1-2-5-10(9)16-11(12)8-14/h1-2,4-5H,3,6-8,14H2. The molecule has 3 nitrogen and oxygen atoms in total. The van der Waals surface area contributed by atoms with Crippen molar-refractivity contribution in [2.45, 2.75) is 13.0 Å². The molecule has 16 heavy (non-hydrogen) atoms. The Morgan fingerprint density at radius 1 is 1.31 bits per heavy atom. The lowest BCUT2D eigenvalue weighted by atomic mass is 10.2. The zero-order valence-electron chi connectivity index (χ0n) is 8.91. The molecule has 0 saturated carbocycles. The molecule has 0 atom stereocenters. The van der Waals surface area contributed by atoms with Crippen molar-refractivity contribution in [3.63, 3.8) is 0 Å². The van der Waals surface area contributed by atoms with Crippen LogP contribution in [0.25, 0.3) is 11.0 Å². The molecular formula is C12H14FNO2. The number of benzene rings is 1. The quantitative estimate of drug-likeness (QED) is 0.792. The zero-order valence-corrected chi connectivity index (χ0v) is 8.91. The van der Waals surface area contributed by atoms with Crippen molar-refractivity contribution in [3.8, 4) is 5.75 Å². The number of ether oxygens (including phenoxy) is 1. The van der Waals surface area contributed by atoms with Gasteiger partial charge in [0.05, 0.1) is 25.2 Å². The Bertz CT molecular complexity index is 467. The van der Waals surface area contributed by atoms with Crippen LogP contribution in [-0.4, -0.2) is 13.3 Å². The van der Waals surface area contributed by atoms with Crippen LogP contribution < -0.4 is 10.5 Å². The van der Waals surface area contributed by atoms with E-state index in [1.54, 1.807) is 0 Å². The summed E-state index contributed by atoms with van der Waals surface area (Å²) >= 11 is 0. The van der Waals surface area contributed by atoms with Gasteiger partial charge in [0.15, 0.2) is 11.5 Å². The molecule has 2 rings (SSSR count). The lowest BCUT2D eigenvalue weighted by Crippen LogP contribution is -2.02. The molecule has 2 aromatic rings. The van der Waals surface area contributed by atoms with E-state index in [4.69, 9.17) is 14.9 Å². The predicted octanol–water partition coefficient (Wildman–Crippen LogP) is 2.63. The fraction of sp³-hybridized carbons (Fsp3) is 0.333. The van der Waals surface area contributed by atoms with E-state index in [2.05, 4.69) is 0 Å². The minimum absolute atomic E-state index is 0.277. The monoisotopic (exact) mass is 223 g/mol. The molecule has 0 spiro atoms. The van der Waals surface area contributed by atoms with Crippen molar-refractivity contribution < 1.29 is 13.5 Å². The van der Waals surface area contributed by atoms with Gasteiger partial charge in [0.2, 0.25) is 0 Å². The van der Waals surface area contributed by atoms with E-state index in [0.29, 0.717) is 24.5 Å². The van der Waals surface area contributed by atoms with Crippen LogP contribution in [0.4, 0.5) is 4.39 Å². The highest BCUT2D eigenvalue weighted by Crippen LogP contribution is 2.32. The summed E-state index contributed by atoms with van der Waals surface area (Å²) in [5.74, 6) is 1.26. The normalized spacial score (nSPS) is 10.9. The number of hydrogen-bond acceptors (Lipinski definition) is 3. The van der Waals surface area contributed by atoms with Crippen LogP contribution in [0, 0.1) is 0 Å². The van der Waals surface area contributed by atoms with Gasteiger partial charge in [-0.2, -0.15) is 0 Å². The van der Waals surface area contributed by atoms with Crippen LogP contribution >= 0.6 is 0 Å². The molecular weight excluding hydrogens is 209 g/mol. The molecule has 0 radical (unpaired) electrons. The summed E-state index contributed by atoms with van der Waals surface area (Å²) in [5.41, 5.74) is 6.32. The third-order valence-electron chi connectivity index (χ3n) is 2.33. The number of furan rings is 1. The average Bonchev–Trinajstić information content (AvgIpc) is 2.68. The van der Waals surface area contributed by atoms with E-state index < -0.39 is 0 Å². The van der Waals surface area contributed by atoms with Crippen LogP contribution in [0.1, 0.15) is 12.2 Å². The molecule has 0 amide bonds. The largest absolute Gasteiger partial charge is 0.489 e. The molecule has 1 heterocycles. The predicted molar refractivity (Wildman–Crippen MR) is 60.2 cm³/mol. The van der Waals surface area contributed by atoms with Gasteiger partial charge in [0.25, 0.3) is 0 Å². The zero-order chi connectivity index (χ0) is 11.4. The van der Waals surface area contributed by atoms with E-state index in [0.717, 1.165) is 11.0 Å². The van der Waals surface area contributed by atoms with Crippen LogP contribution in [0.2, 0.25) is 0 Å². The highest BCUT2D eigenvalue weighted by atomic mass is 19.1. The van der Waals surface area contributed by atoms with Crippen LogP contribution in [0.15, 0.2) is 28.7 Å². The van der Waals surface area contributed by atoms with Gasteiger partial charge in [0.1, 0.15) is 5.58 Å². The van der Waals surface area contributed by atoms with Crippen molar-refractivity contribution in [2.75, 3.05) is 13.3 Å². The van der Waals surface area contributed by atoms with Gasteiger partial charge in [-0.15, -0.1) is 0 Å². The molecule has 0 saturated heterocycles. The number of para-hydroxylation sites is 1. The van der Waals surface area contributed by atoms with Crippen LogP contribution in [0.3, 0.4) is 0 Å². The van der Waals surface area contributed by atoms with E-state index in [-0.39, 0.29) is 13.2 Å². The second-order valence-electron chi connectivity index (χ2n) is 3.45. The van der Waals surface area contributed by atoms with Gasteiger partial charge in [0, 0.05) is 6.42 Å². The average molecular weight is 223 g/mol. The molecule has 0 fully saturated rings. The lowest BCUT2D eigenvalue weighted by molar-refractivity contribution is 0.284. The van der Waals surface area contributed by atoms with Gasteiger partial charge in [-0.3, -0.25) is 4.39 Å². The summed E-state index contributed by atoms with van der Waals surface area (Å²) in [6.45, 7) is 0.237.